The van der Waals surface area contributed by atoms with Gasteiger partial charge in [-0.3, -0.25) is 0 Å². The van der Waals surface area contributed by atoms with Crippen LogP contribution >= 0.6 is 114 Å². The average Bonchev–Trinajstić information content (AvgIpc) is 3.90. The first-order chi connectivity index (χ1) is 33.3. The smallest absolute Gasteiger partial charge is 0.149 e. The number of benzene rings is 4. The fraction of sp³-hybridized carbons (Fsp3) is 0.440. The lowest BCUT2D eigenvalue weighted by molar-refractivity contribution is 0.0866. The Morgan fingerprint density at radius 2 is 0.971 bits per heavy atom. The normalized spacial score (nSPS) is 13.5. The summed E-state index contributed by atoms with van der Waals surface area (Å²) in [6.07, 6.45) is -1.55. The highest BCUT2D eigenvalue weighted by molar-refractivity contribution is 14.1. The van der Waals surface area contributed by atoms with Gasteiger partial charge in [0, 0.05) is 34.4 Å². The van der Waals surface area contributed by atoms with E-state index in [0.29, 0.717) is 67.1 Å². The van der Waals surface area contributed by atoms with Gasteiger partial charge in [0.2, 0.25) is 0 Å². The molecule has 0 aliphatic heterocycles. The molecule has 0 saturated heterocycles. The third-order valence-corrected chi connectivity index (χ3v) is 16.3. The van der Waals surface area contributed by atoms with Crippen LogP contribution in [0, 0.1) is 26.4 Å². The molecule has 0 radical (unpaired) electrons. The van der Waals surface area contributed by atoms with Gasteiger partial charge in [-0.05, 0) is 161 Å². The fourth-order valence-electron chi connectivity index (χ4n) is 6.88. The third-order valence-electron chi connectivity index (χ3n) is 11.5. The number of ether oxygens (including phenoxy) is 4. The van der Waals surface area contributed by atoms with Crippen LogP contribution in [-0.2, 0) is 37.1 Å². The Bertz CT molecular complexity index is 2570. The predicted molar refractivity (Wildman–Crippen MR) is 307 cm³/mol. The van der Waals surface area contributed by atoms with Gasteiger partial charge in [-0.1, -0.05) is 88.4 Å². The predicted octanol–water partition coefficient (Wildman–Crippen LogP) is 10.00. The number of aliphatic hydroxyl groups is 4. The molecular formula is C50H60Cl2I4N6O8. The van der Waals surface area contributed by atoms with Crippen LogP contribution in [0.4, 0.5) is 0 Å². The molecule has 380 valence electrons. The largest absolute Gasteiger partial charge is 0.492 e. The Labute approximate surface area is 475 Å². The zero-order valence-electron chi connectivity index (χ0n) is 39.8. The van der Waals surface area contributed by atoms with Gasteiger partial charge < -0.3 is 39.4 Å². The summed E-state index contributed by atoms with van der Waals surface area (Å²) in [5.74, 6) is 4.85. The molecule has 0 fully saturated rings. The molecule has 6 aromatic rings. The van der Waals surface area contributed by atoms with Crippen LogP contribution in [0.3, 0.4) is 0 Å². The summed E-state index contributed by atoms with van der Waals surface area (Å²) < 4.78 is 29.9. The van der Waals surface area contributed by atoms with Crippen molar-refractivity contribution in [2.45, 2.75) is 90.9 Å². The number of nitrogens with zero attached hydrogens (tertiary/aromatic N) is 6. The fourth-order valence-corrected chi connectivity index (χ4v) is 9.52. The molecule has 0 bridgehead atoms. The van der Waals surface area contributed by atoms with Crippen LogP contribution in [0.25, 0.3) is 0 Å². The van der Waals surface area contributed by atoms with Crippen molar-refractivity contribution in [2.24, 2.45) is 11.8 Å². The molecular weight excluding hydrogens is 1390 g/mol. The Kier molecular flexibility index (Phi) is 23.3. The lowest BCUT2D eigenvalue weighted by Gasteiger charge is -2.27. The molecule has 4 aromatic carbocycles. The first-order valence-electron chi connectivity index (χ1n) is 22.5. The number of aliphatic hydroxyl groups excluding tert-OH is 4. The molecule has 2 aromatic heterocycles. The molecule has 14 nitrogen and oxygen atoms in total. The van der Waals surface area contributed by atoms with E-state index in [1.54, 1.807) is 4.68 Å². The molecule has 0 unspecified atom stereocenters. The highest BCUT2D eigenvalue weighted by Gasteiger charge is 2.26. The van der Waals surface area contributed by atoms with Crippen molar-refractivity contribution in [3.63, 3.8) is 0 Å². The first-order valence-corrected chi connectivity index (χ1v) is 27.9. The van der Waals surface area contributed by atoms with Gasteiger partial charge in [0.1, 0.15) is 61.5 Å². The Balaban J connectivity index is 0.000000261. The summed E-state index contributed by atoms with van der Waals surface area (Å²) in [6.45, 7) is 14.4. The van der Waals surface area contributed by atoms with E-state index in [1.807, 2.05) is 71.1 Å². The Hall–Kier alpha value is -2.30. The number of aromatic nitrogens is 6. The van der Waals surface area contributed by atoms with Crippen molar-refractivity contribution in [3.8, 4) is 23.0 Å². The molecule has 0 aliphatic carbocycles. The first kappa shape index (κ1) is 58.6. The molecule has 70 heavy (non-hydrogen) atoms. The van der Waals surface area contributed by atoms with Gasteiger partial charge in [0.25, 0.3) is 0 Å². The van der Waals surface area contributed by atoms with Crippen LogP contribution in [0.15, 0.2) is 84.9 Å². The van der Waals surface area contributed by atoms with E-state index in [2.05, 4.69) is 166 Å². The zero-order valence-corrected chi connectivity index (χ0v) is 50.0. The minimum atomic E-state index is -0.788. The van der Waals surface area contributed by atoms with Crippen LogP contribution in [-0.4, -0.2) is 101 Å². The van der Waals surface area contributed by atoms with Crippen molar-refractivity contribution >= 4 is 114 Å². The molecule has 0 saturated carbocycles. The van der Waals surface area contributed by atoms with Crippen molar-refractivity contribution < 1.29 is 39.4 Å². The lowest BCUT2D eigenvalue weighted by Crippen LogP contribution is -2.25. The topological polar surface area (TPSA) is 179 Å². The maximum absolute atomic E-state index is 10.3. The molecule has 2 heterocycles. The van der Waals surface area contributed by atoms with Crippen LogP contribution in [0.2, 0.25) is 0 Å². The highest BCUT2D eigenvalue weighted by atomic mass is 127. The lowest BCUT2D eigenvalue weighted by atomic mass is 9.78. The molecule has 0 aliphatic rings. The number of hydrogen-bond donors (Lipinski definition) is 4. The second kappa shape index (κ2) is 27.8. The standard InChI is InChI=1S/2C25H30ClI2N3O4/c1-16(11-26)14-35-23-9-6-18(10-21(23)27)25(2,3)17-4-7-20(8-5-17)34-15-19(33)12-31-22(13-32)24(28)29-30-31;1-16(11-26)14-35-23-9-6-18(10-21(23)27)25(2,3)17-4-7-20(8-5-17)34-15-19(33)12-31-24(28)22(13-32)29-30-31/h2*4-10,16,19,32-33H,11-15H2,1-3H3/t2*16-,19-/m11/s1. The minimum absolute atomic E-state index is 0.103. The summed E-state index contributed by atoms with van der Waals surface area (Å²) >= 11 is 20.5. The van der Waals surface area contributed by atoms with Crippen LogP contribution in [0.5, 0.6) is 23.0 Å². The van der Waals surface area contributed by atoms with E-state index in [4.69, 9.17) is 42.1 Å². The number of halogens is 6. The summed E-state index contributed by atoms with van der Waals surface area (Å²) in [7, 11) is 0. The monoisotopic (exact) mass is 1450 g/mol. The molecule has 20 heteroatoms. The van der Waals surface area contributed by atoms with Crippen LogP contribution in [0.1, 0.15) is 75.2 Å². The van der Waals surface area contributed by atoms with Gasteiger partial charge in [0.15, 0.2) is 0 Å². The van der Waals surface area contributed by atoms with E-state index in [1.165, 1.54) is 15.8 Å². The van der Waals surface area contributed by atoms with Gasteiger partial charge in [-0.15, -0.1) is 33.4 Å². The molecule has 0 spiro atoms. The second-order valence-electron chi connectivity index (χ2n) is 18.0. The average molecular weight is 1450 g/mol. The highest BCUT2D eigenvalue weighted by Crippen LogP contribution is 2.37. The SMILES string of the molecule is C[C@H](CCl)COc1ccc(C(C)(C)c2ccc(OC[C@H](O)Cn3nnc(CO)c3I)cc2)cc1I.C[C@H](CCl)COc1ccc(C(C)(C)c2ccc(OC[C@H](O)Cn3nnc(I)c3CO)cc2)cc1I. The van der Waals surface area contributed by atoms with Gasteiger partial charge >= 0.3 is 0 Å². The van der Waals surface area contributed by atoms with Crippen molar-refractivity contribution in [3.05, 3.63) is 133 Å². The second-order valence-corrected chi connectivity index (χ2v) is 23.0. The summed E-state index contributed by atoms with van der Waals surface area (Å²) in [6, 6.07) is 28.5. The molecule has 4 atom stereocenters. The summed E-state index contributed by atoms with van der Waals surface area (Å²) in [5, 5.41) is 55.1. The number of alkyl halides is 2. The quantitative estimate of drug-likeness (QED) is 0.0334. The molecule has 0 amide bonds. The maximum atomic E-state index is 10.3. The van der Waals surface area contributed by atoms with Gasteiger partial charge in [-0.25, -0.2) is 9.36 Å². The number of rotatable bonds is 24. The minimum Gasteiger partial charge on any atom is -0.492 e. The van der Waals surface area contributed by atoms with Crippen molar-refractivity contribution in [1.29, 1.82) is 0 Å². The van der Waals surface area contributed by atoms with Crippen LogP contribution < -0.4 is 18.9 Å². The maximum Gasteiger partial charge on any atom is 0.149 e. The number of hydrogen-bond acceptors (Lipinski definition) is 12. The van der Waals surface area contributed by atoms with E-state index in [-0.39, 0.29) is 50.3 Å². The Morgan fingerprint density at radius 3 is 1.36 bits per heavy atom. The van der Waals surface area contributed by atoms with Crippen molar-refractivity contribution in [1.82, 2.24) is 30.0 Å². The van der Waals surface area contributed by atoms with E-state index < -0.39 is 12.2 Å². The van der Waals surface area contributed by atoms with E-state index >= 15 is 0 Å². The third kappa shape index (κ3) is 16.3. The Morgan fingerprint density at radius 1 is 0.557 bits per heavy atom. The van der Waals surface area contributed by atoms with E-state index in [9.17, 15) is 20.4 Å². The molecule has 6 rings (SSSR count). The van der Waals surface area contributed by atoms with Crippen molar-refractivity contribution in [2.75, 3.05) is 38.2 Å². The van der Waals surface area contributed by atoms with Gasteiger partial charge in [0.05, 0.1) is 52.4 Å². The zero-order chi connectivity index (χ0) is 51.2. The molecule has 4 N–H and O–H groups in total. The summed E-state index contributed by atoms with van der Waals surface area (Å²) in [4.78, 5) is 0. The van der Waals surface area contributed by atoms with Gasteiger partial charge in [-0.2, -0.15) is 0 Å². The summed E-state index contributed by atoms with van der Waals surface area (Å²) in [5.41, 5.74) is 5.32. The van der Waals surface area contributed by atoms with E-state index in [0.717, 1.165) is 29.8 Å².